The fourth-order valence-corrected chi connectivity index (χ4v) is 3.84. The van der Waals surface area contributed by atoms with Gasteiger partial charge in [0.05, 0.1) is 21.4 Å². The standard InChI is InChI=1S/C23H22ClFO3/c1-12-6-7-13(14-8-9-16(24)17(25)11-14)10-15(12)18-19(26)22(2,3)21(28)23(4,5)20(18)27/h6-11,26H,1-5H3. The van der Waals surface area contributed by atoms with Crippen LogP contribution in [0.5, 0.6) is 0 Å². The fraction of sp³-hybridized carbons (Fsp3) is 0.304. The zero-order valence-electron chi connectivity index (χ0n) is 16.5. The maximum atomic E-state index is 13.9. The van der Waals surface area contributed by atoms with E-state index in [4.69, 9.17) is 11.6 Å². The minimum absolute atomic E-state index is 0.0286. The molecular weight excluding hydrogens is 379 g/mol. The van der Waals surface area contributed by atoms with E-state index in [9.17, 15) is 19.1 Å². The Morgan fingerprint density at radius 1 is 0.929 bits per heavy atom. The summed E-state index contributed by atoms with van der Waals surface area (Å²) in [5.74, 6) is -1.51. The van der Waals surface area contributed by atoms with Gasteiger partial charge in [-0.05, 0) is 75.1 Å². The predicted octanol–water partition coefficient (Wildman–Crippen LogP) is 5.93. The molecule has 1 aliphatic carbocycles. The maximum Gasteiger partial charge on any atom is 0.179 e. The van der Waals surface area contributed by atoms with Gasteiger partial charge in [-0.15, -0.1) is 0 Å². The topological polar surface area (TPSA) is 54.4 Å². The molecule has 28 heavy (non-hydrogen) atoms. The van der Waals surface area contributed by atoms with Crippen LogP contribution < -0.4 is 0 Å². The number of halogens is 2. The third-order valence-electron chi connectivity index (χ3n) is 5.52. The molecule has 146 valence electrons. The molecule has 0 bridgehead atoms. The van der Waals surface area contributed by atoms with Gasteiger partial charge in [0.25, 0.3) is 0 Å². The highest BCUT2D eigenvalue weighted by molar-refractivity contribution is 6.34. The number of carbonyl (C=O) groups is 2. The maximum absolute atomic E-state index is 13.9. The molecule has 0 heterocycles. The Balaban J connectivity index is 2.25. The van der Waals surface area contributed by atoms with E-state index in [0.29, 0.717) is 16.7 Å². The number of hydrogen-bond acceptors (Lipinski definition) is 3. The molecule has 0 fully saturated rings. The first-order valence-electron chi connectivity index (χ1n) is 8.99. The number of rotatable bonds is 2. The van der Waals surface area contributed by atoms with E-state index in [0.717, 1.165) is 5.56 Å². The van der Waals surface area contributed by atoms with Crippen molar-refractivity contribution in [2.75, 3.05) is 0 Å². The molecule has 0 radical (unpaired) electrons. The second-order valence-corrected chi connectivity index (χ2v) is 8.70. The van der Waals surface area contributed by atoms with Gasteiger partial charge in [-0.2, -0.15) is 0 Å². The number of aliphatic hydroxyl groups excluding tert-OH is 1. The largest absolute Gasteiger partial charge is 0.510 e. The van der Waals surface area contributed by atoms with E-state index in [2.05, 4.69) is 0 Å². The van der Waals surface area contributed by atoms with Crippen LogP contribution in [0.25, 0.3) is 16.7 Å². The second-order valence-electron chi connectivity index (χ2n) is 8.29. The molecule has 0 saturated carbocycles. The van der Waals surface area contributed by atoms with Gasteiger partial charge in [0.15, 0.2) is 11.6 Å². The molecule has 3 rings (SSSR count). The van der Waals surface area contributed by atoms with Gasteiger partial charge in [-0.3, -0.25) is 9.59 Å². The average Bonchev–Trinajstić information content (AvgIpc) is 2.63. The van der Waals surface area contributed by atoms with Crippen molar-refractivity contribution in [3.8, 4) is 11.1 Å². The van der Waals surface area contributed by atoms with Gasteiger partial charge in [0.2, 0.25) is 0 Å². The van der Waals surface area contributed by atoms with E-state index in [1.165, 1.54) is 12.1 Å². The predicted molar refractivity (Wildman–Crippen MR) is 109 cm³/mol. The van der Waals surface area contributed by atoms with E-state index >= 15 is 0 Å². The van der Waals surface area contributed by atoms with Crippen LogP contribution in [0.4, 0.5) is 4.39 Å². The van der Waals surface area contributed by atoms with Crippen LogP contribution in [0.2, 0.25) is 5.02 Å². The molecule has 0 spiro atoms. The molecule has 0 saturated heterocycles. The number of allylic oxidation sites excluding steroid dienone is 2. The van der Waals surface area contributed by atoms with Crippen LogP contribution in [0, 0.1) is 23.6 Å². The highest BCUT2D eigenvalue weighted by Gasteiger charge is 2.53. The Hall–Kier alpha value is -2.46. The first-order valence-corrected chi connectivity index (χ1v) is 9.36. The summed E-state index contributed by atoms with van der Waals surface area (Å²) in [6.45, 7) is 8.23. The van der Waals surface area contributed by atoms with Crippen LogP contribution in [0.3, 0.4) is 0 Å². The van der Waals surface area contributed by atoms with Crippen molar-refractivity contribution in [2.45, 2.75) is 34.6 Å². The molecule has 2 aromatic carbocycles. The summed E-state index contributed by atoms with van der Waals surface area (Å²) in [6.07, 6.45) is 0. The minimum Gasteiger partial charge on any atom is -0.510 e. The molecule has 1 N–H and O–H groups in total. The van der Waals surface area contributed by atoms with Crippen molar-refractivity contribution in [1.82, 2.24) is 0 Å². The van der Waals surface area contributed by atoms with Crippen molar-refractivity contribution < 1.29 is 19.1 Å². The minimum atomic E-state index is -1.25. The zero-order chi connectivity index (χ0) is 21.0. The Morgan fingerprint density at radius 2 is 1.50 bits per heavy atom. The summed E-state index contributed by atoms with van der Waals surface area (Å²) in [5, 5.41) is 10.9. The molecule has 2 aromatic rings. The highest BCUT2D eigenvalue weighted by atomic mass is 35.5. The molecule has 3 nitrogen and oxygen atoms in total. The smallest absolute Gasteiger partial charge is 0.179 e. The molecule has 0 aliphatic heterocycles. The van der Waals surface area contributed by atoms with Gasteiger partial charge in [-0.1, -0.05) is 29.8 Å². The van der Waals surface area contributed by atoms with Crippen LogP contribution >= 0.6 is 11.6 Å². The number of hydrogen-bond donors (Lipinski definition) is 1. The SMILES string of the molecule is Cc1ccc(-c2ccc(Cl)c(F)c2)cc1C1=C(O)C(C)(C)C(=O)C(C)(C)C1=O. The Labute approximate surface area is 168 Å². The first kappa shape index (κ1) is 20.3. The van der Waals surface area contributed by atoms with Crippen molar-refractivity contribution in [3.63, 3.8) is 0 Å². The molecule has 0 unspecified atom stereocenters. The Kier molecular flexibility index (Phi) is 4.75. The number of ketones is 2. The summed E-state index contributed by atoms with van der Waals surface area (Å²) in [4.78, 5) is 25.9. The number of Topliss-reactive ketones (excluding diaryl/α,β-unsaturated/α-hetero) is 2. The number of carbonyl (C=O) groups excluding carboxylic acids is 2. The van der Waals surface area contributed by atoms with Crippen LogP contribution in [0.1, 0.15) is 38.8 Å². The summed E-state index contributed by atoms with van der Waals surface area (Å²) in [5.41, 5.74) is 0.292. The lowest BCUT2D eigenvalue weighted by molar-refractivity contribution is -0.143. The lowest BCUT2D eigenvalue weighted by Gasteiger charge is -2.38. The van der Waals surface area contributed by atoms with Crippen LogP contribution in [-0.2, 0) is 9.59 Å². The average molecular weight is 401 g/mol. The van der Waals surface area contributed by atoms with Gasteiger partial charge in [0, 0.05) is 0 Å². The quantitative estimate of drug-likeness (QED) is 0.636. The van der Waals surface area contributed by atoms with Crippen molar-refractivity contribution in [3.05, 3.63) is 64.1 Å². The van der Waals surface area contributed by atoms with Gasteiger partial charge in [0.1, 0.15) is 11.6 Å². The van der Waals surface area contributed by atoms with E-state index in [1.54, 1.807) is 45.9 Å². The highest BCUT2D eigenvalue weighted by Crippen LogP contribution is 2.47. The third kappa shape index (κ3) is 2.96. The van der Waals surface area contributed by atoms with Crippen molar-refractivity contribution in [1.29, 1.82) is 0 Å². The number of aliphatic hydroxyl groups is 1. The lowest BCUT2D eigenvalue weighted by atomic mass is 9.62. The van der Waals surface area contributed by atoms with E-state index < -0.39 is 22.4 Å². The molecule has 5 heteroatoms. The molecule has 0 atom stereocenters. The molecule has 0 amide bonds. The monoisotopic (exact) mass is 400 g/mol. The Morgan fingerprint density at radius 3 is 2.11 bits per heavy atom. The summed E-state index contributed by atoms with van der Waals surface area (Å²) in [7, 11) is 0. The molecular formula is C23H22ClFO3. The first-order chi connectivity index (χ1) is 12.9. The van der Waals surface area contributed by atoms with Gasteiger partial charge < -0.3 is 5.11 Å². The molecule has 0 aromatic heterocycles. The van der Waals surface area contributed by atoms with Crippen LogP contribution in [0.15, 0.2) is 42.2 Å². The van der Waals surface area contributed by atoms with Crippen molar-refractivity contribution >= 4 is 28.7 Å². The lowest BCUT2D eigenvalue weighted by Crippen LogP contribution is -2.48. The fourth-order valence-electron chi connectivity index (χ4n) is 3.72. The van der Waals surface area contributed by atoms with E-state index in [-0.39, 0.29) is 22.1 Å². The normalized spacial score (nSPS) is 18.5. The zero-order valence-corrected chi connectivity index (χ0v) is 17.2. The summed E-state index contributed by atoms with van der Waals surface area (Å²) < 4.78 is 13.9. The third-order valence-corrected chi connectivity index (χ3v) is 5.83. The van der Waals surface area contributed by atoms with Crippen molar-refractivity contribution in [2.24, 2.45) is 10.8 Å². The second kappa shape index (κ2) is 6.56. The number of benzene rings is 2. The van der Waals surface area contributed by atoms with Gasteiger partial charge >= 0.3 is 0 Å². The van der Waals surface area contributed by atoms with Crippen LogP contribution in [-0.4, -0.2) is 16.7 Å². The Bertz CT molecular complexity index is 1050. The molecule has 1 aliphatic rings. The van der Waals surface area contributed by atoms with Gasteiger partial charge in [-0.25, -0.2) is 4.39 Å². The summed E-state index contributed by atoms with van der Waals surface area (Å²) >= 11 is 5.77. The summed E-state index contributed by atoms with van der Waals surface area (Å²) in [6, 6.07) is 9.84. The van der Waals surface area contributed by atoms with E-state index in [1.807, 2.05) is 13.0 Å². The number of aryl methyl sites for hydroxylation is 1.